The van der Waals surface area contributed by atoms with Crippen LogP contribution in [0.15, 0.2) is 77.7 Å². The van der Waals surface area contributed by atoms with Gasteiger partial charge in [0.1, 0.15) is 23.6 Å². The molecule has 10 heteroatoms. The topological polar surface area (TPSA) is 102 Å². The largest absolute Gasteiger partial charge is 0.493 e. The standard InChI is InChI=1S/C36H44ClN3O5S/c37-29-10-6-27(7-11-29)28-8-12-32(13-9-28)45-33-20-23-40(35(24-33)36(41)39-21-18-30(38)19-22-39)46(42,43)34-16-14-31(15-17-34)44-25-26-4-2-1-3-5-26/h6-17,26,30,33,35H,1-5,18-25,38H2/t33-,35+/m1/s1. The Morgan fingerprint density at radius 1 is 0.783 bits per heavy atom. The van der Waals surface area contributed by atoms with Crippen molar-refractivity contribution in [3.05, 3.63) is 77.8 Å². The Morgan fingerprint density at radius 2 is 1.39 bits per heavy atom. The van der Waals surface area contributed by atoms with Crippen molar-refractivity contribution >= 4 is 27.5 Å². The summed E-state index contributed by atoms with van der Waals surface area (Å²) < 4.78 is 41.9. The molecule has 2 heterocycles. The fourth-order valence-corrected chi connectivity index (χ4v) is 8.57. The minimum Gasteiger partial charge on any atom is -0.493 e. The summed E-state index contributed by atoms with van der Waals surface area (Å²) >= 11 is 6.04. The van der Waals surface area contributed by atoms with Crippen molar-refractivity contribution in [3.8, 4) is 22.6 Å². The van der Waals surface area contributed by atoms with Crippen LogP contribution in [0.1, 0.15) is 57.8 Å². The van der Waals surface area contributed by atoms with Gasteiger partial charge in [-0.2, -0.15) is 4.31 Å². The number of hydrogen-bond donors (Lipinski definition) is 1. The second-order valence-electron chi connectivity index (χ2n) is 12.9. The van der Waals surface area contributed by atoms with E-state index in [4.69, 9.17) is 26.8 Å². The molecule has 8 nitrogen and oxygen atoms in total. The first-order chi connectivity index (χ1) is 22.3. The SMILES string of the molecule is NC1CCN(C(=O)[C@@H]2C[C@H](Oc3ccc(-c4ccc(Cl)cc4)cc3)CCN2S(=O)(=O)c2ccc(OCC3CCCCC3)cc2)CC1. The zero-order chi connectivity index (χ0) is 32.1. The molecule has 3 aliphatic rings. The number of nitrogens with two attached hydrogens (primary N) is 1. The average Bonchev–Trinajstić information content (AvgIpc) is 3.09. The summed E-state index contributed by atoms with van der Waals surface area (Å²) in [5.74, 6) is 1.71. The predicted octanol–water partition coefficient (Wildman–Crippen LogP) is 6.52. The lowest BCUT2D eigenvalue weighted by molar-refractivity contribution is -0.138. The lowest BCUT2D eigenvalue weighted by atomic mass is 9.90. The van der Waals surface area contributed by atoms with E-state index in [9.17, 15) is 13.2 Å². The summed E-state index contributed by atoms with van der Waals surface area (Å²) in [7, 11) is -3.95. The van der Waals surface area contributed by atoms with Gasteiger partial charge in [0.05, 0.1) is 11.5 Å². The van der Waals surface area contributed by atoms with Crippen LogP contribution in [0.4, 0.5) is 0 Å². The number of nitrogens with zero attached hydrogens (tertiary/aromatic N) is 2. The van der Waals surface area contributed by atoms with Crippen molar-refractivity contribution in [1.82, 2.24) is 9.21 Å². The number of rotatable bonds is 9. The van der Waals surface area contributed by atoms with E-state index in [1.54, 1.807) is 29.2 Å². The van der Waals surface area contributed by atoms with Crippen LogP contribution in [0.25, 0.3) is 11.1 Å². The van der Waals surface area contributed by atoms with Crippen LogP contribution in [0.2, 0.25) is 5.02 Å². The molecule has 1 saturated carbocycles. The molecule has 3 fully saturated rings. The Kier molecular flexibility index (Phi) is 10.5. The third-order valence-corrected chi connectivity index (χ3v) is 11.8. The first kappa shape index (κ1) is 32.8. The number of likely N-dealkylation sites (tertiary alicyclic amines) is 1. The molecular weight excluding hydrogens is 622 g/mol. The first-order valence-electron chi connectivity index (χ1n) is 16.6. The summed E-state index contributed by atoms with van der Waals surface area (Å²) in [6.07, 6.45) is 7.96. The Labute approximate surface area is 277 Å². The molecule has 246 valence electrons. The highest BCUT2D eigenvalue weighted by atomic mass is 35.5. The molecule has 2 N–H and O–H groups in total. The van der Waals surface area contributed by atoms with E-state index in [1.165, 1.54) is 36.4 Å². The summed E-state index contributed by atoms with van der Waals surface area (Å²) in [4.78, 5) is 15.9. The molecule has 1 amide bonds. The number of amides is 1. The number of halogens is 1. The monoisotopic (exact) mass is 665 g/mol. The number of piperidine rings is 2. The molecule has 0 aromatic heterocycles. The smallest absolute Gasteiger partial charge is 0.243 e. The molecule has 2 saturated heterocycles. The van der Waals surface area contributed by atoms with Crippen LogP contribution in [-0.2, 0) is 14.8 Å². The van der Waals surface area contributed by atoms with Gasteiger partial charge in [0.25, 0.3) is 0 Å². The molecule has 0 spiro atoms. The number of carbonyl (C=O) groups excluding carboxylic acids is 1. The maximum atomic E-state index is 14.1. The van der Waals surface area contributed by atoms with Crippen molar-refractivity contribution in [1.29, 1.82) is 0 Å². The first-order valence-corrected chi connectivity index (χ1v) is 18.4. The molecule has 46 heavy (non-hydrogen) atoms. The molecular formula is C36H44ClN3O5S. The van der Waals surface area contributed by atoms with Gasteiger partial charge in [0.15, 0.2) is 0 Å². The van der Waals surface area contributed by atoms with Gasteiger partial charge in [-0.05, 0) is 97.7 Å². The zero-order valence-corrected chi connectivity index (χ0v) is 27.8. The molecule has 0 unspecified atom stereocenters. The minimum atomic E-state index is -3.95. The van der Waals surface area contributed by atoms with E-state index < -0.39 is 16.1 Å². The lowest BCUT2D eigenvalue weighted by Gasteiger charge is -2.41. The van der Waals surface area contributed by atoms with E-state index in [1.807, 2.05) is 48.5 Å². The Bertz CT molecular complexity index is 1550. The highest BCUT2D eigenvalue weighted by Gasteiger charge is 2.43. The van der Waals surface area contributed by atoms with E-state index in [0.717, 1.165) is 11.1 Å². The third-order valence-electron chi connectivity index (χ3n) is 9.62. The molecule has 2 atom stereocenters. The fourth-order valence-electron chi connectivity index (χ4n) is 6.83. The molecule has 2 aliphatic heterocycles. The van der Waals surface area contributed by atoms with Gasteiger partial charge in [-0.3, -0.25) is 4.79 Å². The zero-order valence-electron chi connectivity index (χ0n) is 26.2. The highest BCUT2D eigenvalue weighted by molar-refractivity contribution is 7.89. The van der Waals surface area contributed by atoms with Crippen LogP contribution >= 0.6 is 11.6 Å². The number of benzene rings is 3. The van der Waals surface area contributed by atoms with Crippen LogP contribution in [0, 0.1) is 5.92 Å². The maximum absolute atomic E-state index is 14.1. The van der Waals surface area contributed by atoms with Crippen molar-refractivity contribution in [2.24, 2.45) is 11.7 Å². The molecule has 1 aliphatic carbocycles. The van der Waals surface area contributed by atoms with Gasteiger partial charge in [0.2, 0.25) is 15.9 Å². The van der Waals surface area contributed by atoms with Crippen LogP contribution < -0.4 is 15.2 Å². The summed E-state index contributed by atoms with van der Waals surface area (Å²) in [6.45, 7) is 1.88. The normalized spacial score (nSPS) is 22.0. The number of hydrogen-bond acceptors (Lipinski definition) is 6. The van der Waals surface area contributed by atoms with Gasteiger partial charge in [0, 0.05) is 37.1 Å². The summed E-state index contributed by atoms with van der Waals surface area (Å²) in [6, 6.07) is 21.3. The van der Waals surface area contributed by atoms with Gasteiger partial charge >= 0.3 is 0 Å². The number of carbonyl (C=O) groups is 1. The highest BCUT2D eigenvalue weighted by Crippen LogP contribution is 2.32. The second-order valence-corrected chi connectivity index (χ2v) is 15.2. The minimum absolute atomic E-state index is 0.0565. The quantitative estimate of drug-likeness (QED) is 0.279. The number of sulfonamides is 1. The lowest BCUT2D eigenvalue weighted by Crippen LogP contribution is -2.57. The van der Waals surface area contributed by atoms with Crippen molar-refractivity contribution < 1.29 is 22.7 Å². The third kappa shape index (κ3) is 7.88. The Morgan fingerprint density at radius 3 is 2.04 bits per heavy atom. The van der Waals surface area contributed by atoms with Crippen LogP contribution in [0.5, 0.6) is 11.5 Å². The molecule has 3 aromatic carbocycles. The van der Waals surface area contributed by atoms with E-state index >= 15 is 0 Å². The van der Waals surface area contributed by atoms with Gasteiger partial charge in [-0.15, -0.1) is 0 Å². The van der Waals surface area contributed by atoms with E-state index in [0.29, 0.717) is 61.4 Å². The van der Waals surface area contributed by atoms with Crippen molar-refractivity contribution in [3.63, 3.8) is 0 Å². The fraction of sp³-hybridized carbons (Fsp3) is 0.472. The van der Waals surface area contributed by atoms with Gasteiger partial charge in [-0.25, -0.2) is 8.42 Å². The molecule has 0 bridgehead atoms. The Hall–Kier alpha value is -3.11. The van der Waals surface area contributed by atoms with Gasteiger partial charge < -0.3 is 20.1 Å². The molecule has 3 aromatic rings. The summed E-state index contributed by atoms with van der Waals surface area (Å²) in [5.41, 5.74) is 8.19. The predicted molar refractivity (Wildman–Crippen MR) is 181 cm³/mol. The van der Waals surface area contributed by atoms with E-state index in [2.05, 4.69) is 0 Å². The maximum Gasteiger partial charge on any atom is 0.243 e. The molecule has 0 radical (unpaired) electrons. The number of ether oxygens (including phenoxy) is 2. The average molecular weight is 666 g/mol. The second kappa shape index (κ2) is 14.8. The Balaban J connectivity index is 1.16. The van der Waals surface area contributed by atoms with E-state index in [-0.39, 0.29) is 35.9 Å². The van der Waals surface area contributed by atoms with Gasteiger partial charge in [-0.1, -0.05) is 55.1 Å². The van der Waals surface area contributed by atoms with Crippen LogP contribution in [-0.4, -0.2) is 68.0 Å². The summed E-state index contributed by atoms with van der Waals surface area (Å²) in [5, 5.41) is 0.685. The van der Waals surface area contributed by atoms with Crippen molar-refractivity contribution in [2.75, 3.05) is 26.2 Å². The van der Waals surface area contributed by atoms with Crippen LogP contribution in [0.3, 0.4) is 0 Å². The van der Waals surface area contributed by atoms with Crippen molar-refractivity contribution in [2.45, 2.75) is 80.9 Å². The molecule has 6 rings (SSSR count).